The van der Waals surface area contributed by atoms with Crippen molar-refractivity contribution < 1.29 is 20.4 Å². The van der Waals surface area contributed by atoms with Crippen LogP contribution >= 0.6 is 50.5 Å². The van der Waals surface area contributed by atoms with Gasteiger partial charge in [-0.05, 0) is 59.4 Å². The number of thiol groups is 4. The summed E-state index contributed by atoms with van der Waals surface area (Å²) in [5, 5.41) is 42.2. The molecule has 0 aliphatic heterocycles. The van der Waals surface area contributed by atoms with Gasteiger partial charge in [0.05, 0.1) is 0 Å². The second-order valence-corrected chi connectivity index (χ2v) is 10.5. The molecule has 4 nitrogen and oxygen atoms in total. The molecule has 0 aliphatic carbocycles. The van der Waals surface area contributed by atoms with Gasteiger partial charge in [0.15, 0.2) is 0 Å². The molecule has 198 valence electrons. The van der Waals surface area contributed by atoms with Crippen molar-refractivity contribution in [2.45, 2.75) is 35.9 Å². The minimum absolute atomic E-state index is 0.0679. The van der Waals surface area contributed by atoms with E-state index < -0.39 is 0 Å². The van der Waals surface area contributed by atoms with Crippen molar-refractivity contribution in [3.63, 3.8) is 0 Å². The summed E-state index contributed by atoms with van der Waals surface area (Å²) in [5.74, 6) is 2.23. The quantitative estimate of drug-likeness (QED) is 0.102. The summed E-state index contributed by atoms with van der Waals surface area (Å²) in [5.41, 5.74) is 7.93. The van der Waals surface area contributed by atoms with Gasteiger partial charge in [0.1, 0.15) is 23.0 Å². The van der Waals surface area contributed by atoms with Crippen LogP contribution in [0.25, 0.3) is 11.1 Å². The summed E-state index contributed by atoms with van der Waals surface area (Å²) in [7, 11) is 0. The minimum atomic E-state index is 0.0679. The summed E-state index contributed by atoms with van der Waals surface area (Å²) in [4.78, 5) is 0. The van der Waals surface area contributed by atoms with Gasteiger partial charge in [-0.25, -0.2) is 0 Å². The Morgan fingerprint density at radius 3 is 1.03 bits per heavy atom. The first kappa shape index (κ1) is 28.5. The zero-order valence-corrected chi connectivity index (χ0v) is 24.2. The Kier molecular flexibility index (Phi) is 9.41. The summed E-state index contributed by atoms with van der Waals surface area (Å²) in [6, 6.07) is 18.4. The van der Waals surface area contributed by atoms with Gasteiger partial charge in [0.2, 0.25) is 0 Å². The predicted molar refractivity (Wildman–Crippen MR) is 168 cm³/mol. The lowest BCUT2D eigenvalue weighted by molar-refractivity contribution is 0.465. The third-order valence-corrected chi connectivity index (χ3v) is 7.93. The maximum atomic E-state index is 10.7. The molecule has 0 atom stereocenters. The van der Waals surface area contributed by atoms with Crippen molar-refractivity contribution in [3.05, 3.63) is 105 Å². The fourth-order valence-electron chi connectivity index (χ4n) is 4.64. The van der Waals surface area contributed by atoms with Gasteiger partial charge in [0, 0.05) is 56.4 Å². The number of hydrogen-bond acceptors (Lipinski definition) is 8. The van der Waals surface area contributed by atoms with Crippen LogP contribution in [0.1, 0.15) is 44.5 Å². The van der Waals surface area contributed by atoms with E-state index in [1.165, 1.54) is 0 Å². The third kappa shape index (κ3) is 6.20. The molecule has 0 radical (unpaired) electrons. The highest BCUT2D eigenvalue weighted by Crippen LogP contribution is 2.38. The highest BCUT2D eigenvalue weighted by molar-refractivity contribution is 7.79. The molecule has 0 amide bonds. The number of hydrogen-bond donors (Lipinski definition) is 8. The molecular formula is C30H30O4S4. The van der Waals surface area contributed by atoms with Crippen molar-refractivity contribution in [2.24, 2.45) is 0 Å². The number of rotatable bonds is 9. The highest BCUT2D eigenvalue weighted by Gasteiger charge is 2.15. The lowest BCUT2D eigenvalue weighted by Crippen LogP contribution is -1.96. The number of phenolic OH excluding ortho intramolecular Hbond substituents is 4. The number of benzene rings is 4. The molecule has 0 saturated carbocycles. The molecule has 4 rings (SSSR count). The Balaban J connectivity index is 1.68. The van der Waals surface area contributed by atoms with Crippen LogP contribution in [0.2, 0.25) is 0 Å². The Labute approximate surface area is 245 Å². The fourth-order valence-corrected chi connectivity index (χ4v) is 5.60. The Hall–Kier alpha value is -2.52. The van der Waals surface area contributed by atoms with Crippen molar-refractivity contribution >= 4 is 50.5 Å². The van der Waals surface area contributed by atoms with Crippen molar-refractivity contribution in [3.8, 4) is 34.1 Å². The van der Waals surface area contributed by atoms with E-state index in [0.29, 0.717) is 47.0 Å². The first-order valence-corrected chi connectivity index (χ1v) is 14.6. The van der Waals surface area contributed by atoms with E-state index in [1.54, 1.807) is 12.1 Å². The minimum Gasteiger partial charge on any atom is -0.507 e. The molecule has 0 aliphatic rings. The normalized spacial score (nSPS) is 11.2. The summed E-state index contributed by atoms with van der Waals surface area (Å²) < 4.78 is 0. The van der Waals surface area contributed by atoms with E-state index in [4.69, 9.17) is 0 Å². The SMILES string of the molecule is Oc1ccc(Cc2cc(CS)c(O)c(CS)c2)cc1-c1cc(Cc2cc(CS)c(O)c(CS)c2)ccc1O. The van der Waals surface area contributed by atoms with Gasteiger partial charge in [-0.1, -0.05) is 36.4 Å². The first-order valence-electron chi connectivity index (χ1n) is 12.0. The maximum Gasteiger partial charge on any atom is 0.123 e. The first-order chi connectivity index (χ1) is 18.3. The van der Waals surface area contributed by atoms with E-state index in [-0.39, 0.29) is 23.0 Å². The van der Waals surface area contributed by atoms with Crippen LogP contribution in [-0.2, 0) is 35.9 Å². The van der Waals surface area contributed by atoms with Gasteiger partial charge in [-0.15, -0.1) is 0 Å². The van der Waals surface area contributed by atoms with E-state index >= 15 is 0 Å². The molecule has 0 aromatic heterocycles. The van der Waals surface area contributed by atoms with Gasteiger partial charge in [-0.3, -0.25) is 0 Å². The van der Waals surface area contributed by atoms with Crippen LogP contribution in [0.4, 0.5) is 0 Å². The van der Waals surface area contributed by atoms with Gasteiger partial charge in [-0.2, -0.15) is 50.5 Å². The average molecular weight is 583 g/mol. The van der Waals surface area contributed by atoms with E-state index in [9.17, 15) is 20.4 Å². The van der Waals surface area contributed by atoms with Gasteiger partial charge < -0.3 is 20.4 Å². The fraction of sp³-hybridized carbons (Fsp3) is 0.200. The zero-order chi connectivity index (χ0) is 27.4. The molecule has 0 heterocycles. The largest absolute Gasteiger partial charge is 0.507 e. The monoisotopic (exact) mass is 582 g/mol. The van der Waals surface area contributed by atoms with Crippen molar-refractivity contribution in [1.82, 2.24) is 0 Å². The molecule has 4 N–H and O–H groups in total. The molecule has 0 spiro atoms. The van der Waals surface area contributed by atoms with Crippen LogP contribution in [0.3, 0.4) is 0 Å². The van der Waals surface area contributed by atoms with E-state index in [1.807, 2.05) is 48.5 Å². The van der Waals surface area contributed by atoms with Crippen LogP contribution in [0.15, 0.2) is 60.7 Å². The van der Waals surface area contributed by atoms with Crippen LogP contribution in [0, 0.1) is 0 Å². The van der Waals surface area contributed by atoms with E-state index in [2.05, 4.69) is 50.5 Å². The Bertz CT molecular complexity index is 1310. The van der Waals surface area contributed by atoms with Crippen molar-refractivity contribution in [2.75, 3.05) is 0 Å². The Morgan fingerprint density at radius 2 is 0.737 bits per heavy atom. The average Bonchev–Trinajstić information content (AvgIpc) is 2.92. The molecule has 8 heteroatoms. The van der Waals surface area contributed by atoms with Crippen LogP contribution in [-0.4, -0.2) is 20.4 Å². The molecule has 0 unspecified atom stereocenters. The Morgan fingerprint density at radius 1 is 0.421 bits per heavy atom. The number of phenols is 4. The standard InChI is InChI=1S/C30H30O4S4/c31-27-3-1-17(5-19-7-21(13-35)29(33)22(8-19)14-36)11-25(27)26-12-18(2-4-28(26)32)6-20-9-23(15-37)30(34)24(10-20)16-38/h1-4,7-12,31-38H,5-6,13-16H2. The van der Waals surface area contributed by atoms with Crippen molar-refractivity contribution in [1.29, 1.82) is 0 Å². The van der Waals surface area contributed by atoms with Gasteiger partial charge >= 0.3 is 0 Å². The third-order valence-electron chi connectivity index (χ3n) is 6.57. The molecule has 0 saturated heterocycles. The highest BCUT2D eigenvalue weighted by atomic mass is 32.1. The molecule has 38 heavy (non-hydrogen) atoms. The predicted octanol–water partition coefficient (Wildman–Crippen LogP) is 7.08. The van der Waals surface area contributed by atoms with Crippen LogP contribution in [0.5, 0.6) is 23.0 Å². The smallest absolute Gasteiger partial charge is 0.123 e. The second kappa shape index (κ2) is 12.6. The van der Waals surface area contributed by atoms with Crippen LogP contribution < -0.4 is 0 Å². The lowest BCUT2D eigenvalue weighted by atomic mass is 9.93. The lowest BCUT2D eigenvalue weighted by Gasteiger charge is -2.14. The molecule has 4 aromatic carbocycles. The van der Waals surface area contributed by atoms with E-state index in [0.717, 1.165) is 44.5 Å². The molecule has 4 aromatic rings. The van der Waals surface area contributed by atoms with Gasteiger partial charge in [0.25, 0.3) is 0 Å². The summed E-state index contributed by atoms with van der Waals surface area (Å²) in [6.07, 6.45) is 1.14. The molecular weight excluding hydrogens is 553 g/mol. The number of aromatic hydroxyl groups is 4. The second-order valence-electron chi connectivity index (χ2n) is 9.21. The summed E-state index contributed by atoms with van der Waals surface area (Å²) in [6.45, 7) is 0. The summed E-state index contributed by atoms with van der Waals surface area (Å²) >= 11 is 17.3. The maximum absolute atomic E-state index is 10.7. The topological polar surface area (TPSA) is 80.9 Å². The zero-order valence-electron chi connectivity index (χ0n) is 20.6. The molecule has 0 bridgehead atoms. The molecule has 0 fully saturated rings.